The summed E-state index contributed by atoms with van der Waals surface area (Å²) in [6.45, 7) is 0.482. The molecule has 0 aliphatic heterocycles. The first kappa shape index (κ1) is 12.7. The van der Waals surface area contributed by atoms with Crippen LogP contribution in [0, 0.1) is 0 Å². The Morgan fingerprint density at radius 1 is 1.11 bits per heavy atom. The quantitative estimate of drug-likeness (QED) is 0.760. The Labute approximate surface area is 112 Å². The maximum absolute atomic E-state index is 5.80. The molecule has 2 rings (SSSR count). The van der Waals surface area contributed by atoms with Gasteiger partial charge < -0.3 is 4.74 Å². The summed E-state index contributed by atoms with van der Waals surface area (Å²) in [5.41, 5.74) is 2.06. The predicted molar refractivity (Wildman–Crippen MR) is 74.8 cm³/mol. The van der Waals surface area contributed by atoms with Crippen LogP contribution >= 0.6 is 11.6 Å². The fraction of sp³-hybridized carbons (Fsp3) is 0.133. The number of ether oxygens (including phenoxy) is 1. The highest BCUT2D eigenvalue weighted by molar-refractivity contribution is 6.17. The number of hydrogen-bond acceptors (Lipinski definition) is 2. The summed E-state index contributed by atoms with van der Waals surface area (Å²) in [6.07, 6.45) is 5.68. The Morgan fingerprint density at radius 3 is 2.72 bits per heavy atom. The molecule has 0 unspecified atom stereocenters. The number of pyridine rings is 1. The lowest BCUT2D eigenvalue weighted by molar-refractivity contribution is 0.346. The van der Waals surface area contributed by atoms with Gasteiger partial charge in [0.15, 0.2) is 0 Å². The van der Waals surface area contributed by atoms with Gasteiger partial charge >= 0.3 is 0 Å². The number of alkyl halides is 1. The third-order valence-electron chi connectivity index (χ3n) is 2.42. The van der Waals surface area contributed by atoms with Crippen LogP contribution in [0.1, 0.15) is 11.1 Å². The predicted octanol–water partition coefficient (Wildman–Crippen LogP) is 3.91. The van der Waals surface area contributed by atoms with Gasteiger partial charge in [0.05, 0.1) is 5.88 Å². The topological polar surface area (TPSA) is 22.1 Å². The third-order valence-corrected chi connectivity index (χ3v) is 2.71. The van der Waals surface area contributed by atoms with Crippen LogP contribution in [-0.2, 0) is 5.88 Å². The molecule has 0 aliphatic rings. The first-order valence-corrected chi connectivity index (χ1v) is 6.28. The Hall–Kier alpha value is -1.80. The molecule has 1 aromatic carbocycles. The van der Waals surface area contributed by atoms with Crippen molar-refractivity contribution in [3.63, 3.8) is 0 Å². The molecule has 0 fully saturated rings. The molecular weight excluding hydrogens is 246 g/mol. The standard InChI is InChI=1S/C15H14ClNO/c16-12-14-9-4-10-17-15(14)18-11-5-8-13-6-2-1-3-7-13/h1-10H,11-12H2/b8-5+. The van der Waals surface area contributed by atoms with Crippen LogP contribution in [0.4, 0.5) is 0 Å². The van der Waals surface area contributed by atoms with Crippen LogP contribution < -0.4 is 4.74 Å². The zero-order chi connectivity index (χ0) is 12.6. The van der Waals surface area contributed by atoms with Crippen molar-refractivity contribution >= 4 is 17.7 Å². The molecule has 0 atom stereocenters. The number of hydrogen-bond donors (Lipinski definition) is 0. The average Bonchev–Trinajstić information content (AvgIpc) is 2.45. The van der Waals surface area contributed by atoms with E-state index in [2.05, 4.69) is 4.98 Å². The molecule has 0 aliphatic carbocycles. The van der Waals surface area contributed by atoms with Crippen LogP contribution in [0.3, 0.4) is 0 Å². The van der Waals surface area contributed by atoms with Crippen molar-refractivity contribution in [1.82, 2.24) is 4.98 Å². The molecule has 1 aromatic heterocycles. The van der Waals surface area contributed by atoms with Crippen LogP contribution in [-0.4, -0.2) is 11.6 Å². The molecule has 18 heavy (non-hydrogen) atoms. The number of nitrogens with zero attached hydrogens (tertiary/aromatic N) is 1. The van der Waals surface area contributed by atoms with Gasteiger partial charge in [-0.05, 0) is 17.7 Å². The van der Waals surface area contributed by atoms with Crippen LogP contribution in [0.2, 0.25) is 0 Å². The maximum atomic E-state index is 5.80. The Bertz CT molecular complexity index is 511. The van der Waals surface area contributed by atoms with Crippen molar-refractivity contribution in [1.29, 1.82) is 0 Å². The van der Waals surface area contributed by atoms with Gasteiger partial charge in [0, 0.05) is 11.8 Å². The van der Waals surface area contributed by atoms with E-state index in [1.54, 1.807) is 6.20 Å². The second-order valence-electron chi connectivity index (χ2n) is 3.73. The normalized spacial score (nSPS) is 10.7. The zero-order valence-electron chi connectivity index (χ0n) is 9.92. The number of halogens is 1. The van der Waals surface area contributed by atoms with E-state index in [-0.39, 0.29) is 0 Å². The van der Waals surface area contributed by atoms with Gasteiger partial charge in [-0.2, -0.15) is 0 Å². The first-order valence-electron chi connectivity index (χ1n) is 5.74. The molecule has 2 nitrogen and oxygen atoms in total. The van der Waals surface area contributed by atoms with Crippen LogP contribution in [0.5, 0.6) is 5.88 Å². The Balaban J connectivity index is 1.91. The maximum Gasteiger partial charge on any atom is 0.218 e. The molecule has 0 radical (unpaired) electrons. The molecule has 1 heterocycles. The van der Waals surface area contributed by atoms with Crippen LogP contribution in [0.25, 0.3) is 6.08 Å². The summed E-state index contributed by atoms with van der Waals surface area (Å²) >= 11 is 5.80. The van der Waals surface area contributed by atoms with Gasteiger partial charge in [-0.3, -0.25) is 0 Å². The SMILES string of the molecule is ClCc1cccnc1OC/C=C/c1ccccc1. The van der Waals surface area contributed by atoms with Gasteiger partial charge in [-0.25, -0.2) is 4.98 Å². The lowest BCUT2D eigenvalue weighted by atomic mass is 10.2. The van der Waals surface area contributed by atoms with Gasteiger partial charge in [0.25, 0.3) is 0 Å². The summed E-state index contributed by atoms with van der Waals surface area (Å²) in [5, 5.41) is 0. The van der Waals surface area contributed by atoms with Gasteiger partial charge in [0.2, 0.25) is 5.88 Å². The Morgan fingerprint density at radius 2 is 1.94 bits per heavy atom. The highest BCUT2D eigenvalue weighted by Gasteiger charge is 2.01. The molecule has 0 saturated heterocycles. The van der Waals surface area contributed by atoms with E-state index >= 15 is 0 Å². The summed E-state index contributed by atoms with van der Waals surface area (Å²) in [6, 6.07) is 13.9. The number of rotatable bonds is 5. The second-order valence-corrected chi connectivity index (χ2v) is 3.99. The van der Waals surface area contributed by atoms with Crippen LogP contribution in [0.15, 0.2) is 54.7 Å². The molecular formula is C15H14ClNO. The van der Waals surface area contributed by atoms with E-state index in [0.717, 1.165) is 11.1 Å². The highest BCUT2D eigenvalue weighted by atomic mass is 35.5. The van der Waals surface area contributed by atoms with Crippen molar-refractivity contribution in [2.45, 2.75) is 5.88 Å². The first-order chi connectivity index (χ1) is 8.90. The molecule has 3 heteroatoms. The second kappa shape index (κ2) is 6.82. The van der Waals surface area contributed by atoms with Crippen molar-refractivity contribution in [3.05, 3.63) is 65.9 Å². The lowest BCUT2D eigenvalue weighted by Crippen LogP contribution is -1.98. The number of benzene rings is 1. The molecule has 0 spiro atoms. The molecule has 0 saturated carbocycles. The summed E-state index contributed by atoms with van der Waals surface area (Å²) < 4.78 is 5.57. The van der Waals surface area contributed by atoms with E-state index in [1.807, 2.05) is 54.6 Å². The van der Waals surface area contributed by atoms with Crippen molar-refractivity contribution in [2.75, 3.05) is 6.61 Å². The summed E-state index contributed by atoms with van der Waals surface area (Å²) in [4.78, 5) is 4.15. The molecule has 92 valence electrons. The van der Waals surface area contributed by atoms with E-state index in [0.29, 0.717) is 18.4 Å². The average molecular weight is 260 g/mol. The Kier molecular flexibility index (Phi) is 4.79. The minimum Gasteiger partial charge on any atom is -0.473 e. The van der Waals surface area contributed by atoms with E-state index in [1.165, 1.54) is 0 Å². The van der Waals surface area contributed by atoms with Gasteiger partial charge in [-0.15, -0.1) is 11.6 Å². The van der Waals surface area contributed by atoms with Crippen molar-refractivity contribution in [3.8, 4) is 5.88 Å². The molecule has 0 amide bonds. The smallest absolute Gasteiger partial charge is 0.218 e. The van der Waals surface area contributed by atoms with Gasteiger partial charge in [0.1, 0.15) is 6.61 Å². The lowest BCUT2D eigenvalue weighted by Gasteiger charge is -2.05. The fourth-order valence-electron chi connectivity index (χ4n) is 1.53. The van der Waals surface area contributed by atoms with E-state index in [9.17, 15) is 0 Å². The van der Waals surface area contributed by atoms with Gasteiger partial charge in [-0.1, -0.05) is 42.5 Å². The molecule has 0 N–H and O–H groups in total. The van der Waals surface area contributed by atoms with Crippen molar-refractivity contribution < 1.29 is 4.74 Å². The molecule has 2 aromatic rings. The summed E-state index contributed by atoms with van der Waals surface area (Å²) in [5.74, 6) is 1.01. The molecule has 0 bridgehead atoms. The largest absolute Gasteiger partial charge is 0.473 e. The minimum absolute atomic E-state index is 0.408. The third kappa shape index (κ3) is 3.60. The zero-order valence-corrected chi connectivity index (χ0v) is 10.7. The highest BCUT2D eigenvalue weighted by Crippen LogP contribution is 2.16. The number of aromatic nitrogens is 1. The monoisotopic (exact) mass is 259 g/mol. The van der Waals surface area contributed by atoms with Crippen molar-refractivity contribution in [2.24, 2.45) is 0 Å². The summed E-state index contributed by atoms with van der Waals surface area (Å²) in [7, 11) is 0. The minimum atomic E-state index is 0.408. The van der Waals surface area contributed by atoms with E-state index < -0.39 is 0 Å². The van der Waals surface area contributed by atoms with E-state index in [4.69, 9.17) is 16.3 Å². The fourth-order valence-corrected chi connectivity index (χ4v) is 1.73.